The van der Waals surface area contributed by atoms with Crippen molar-refractivity contribution >= 4 is 5.97 Å². The lowest BCUT2D eigenvalue weighted by Crippen LogP contribution is -2.30. The molecule has 3 nitrogen and oxygen atoms in total. The van der Waals surface area contributed by atoms with Crippen LogP contribution in [-0.2, 0) is 4.79 Å². The number of carbonyl (C=O) groups is 1. The van der Waals surface area contributed by atoms with Crippen molar-refractivity contribution in [3.8, 4) is 5.75 Å². The standard InChI is InChI=1S/C22H31F2NO2/c1-2-3-4-15-5-7-16(8-6-15)17-9-11-18(12-10-17)22(26)27-19-13-14-20(23)25-21(19)24/h13-18H,2-12H2,1H3/t15-,16-,17-,18-. The molecule has 150 valence electrons. The Balaban J connectivity index is 1.43. The Morgan fingerprint density at radius 1 is 1.04 bits per heavy atom. The summed E-state index contributed by atoms with van der Waals surface area (Å²) >= 11 is 0. The van der Waals surface area contributed by atoms with Crippen LogP contribution in [-0.4, -0.2) is 11.0 Å². The van der Waals surface area contributed by atoms with E-state index >= 15 is 0 Å². The van der Waals surface area contributed by atoms with Crippen LogP contribution in [0, 0.1) is 35.6 Å². The Morgan fingerprint density at radius 3 is 2.26 bits per heavy atom. The highest BCUT2D eigenvalue weighted by atomic mass is 19.1. The van der Waals surface area contributed by atoms with Gasteiger partial charge in [0.1, 0.15) is 0 Å². The normalized spacial score (nSPS) is 28.7. The molecule has 2 aliphatic rings. The van der Waals surface area contributed by atoms with Crippen LogP contribution >= 0.6 is 0 Å². The number of carbonyl (C=O) groups excluding carboxylic acids is 1. The van der Waals surface area contributed by atoms with Crippen LogP contribution in [0.15, 0.2) is 12.1 Å². The topological polar surface area (TPSA) is 39.2 Å². The zero-order valence-electron chi connectivity index (χ0n) is 16.3. The molecule has 5 heteroatoms. The van der Waals surface area contributed by atoms with Crippen LogP contribution in [0.4, 0.5) is 8.78 Å². The average molecular weight is 379 g/mol. The first-order valence-corrected chi connectivity index (χ1v) is 10.6. The van der Waals surface area contributed by atoms with Gasteiger partial charge in [-0.15, -0.1) is 0 Å². The van der Waals surface area contributed by atoms with Crippen molar-refractivity contribution in [2.24, 2.45) is 23.7 Å². The molecular weight excluding hydrogens is 348 g/mol. The van der Waals surface area contributed by atoms with E-state index in [1.165, 1.54) is 44.9 Å². The lowest BCUT2D eigenvalue weighted by atomic mass is 9.68. The molecule has 1 aromatic rings. The van der Waals surface area contributed by atoms with Gasteiger partial charge >= 0.3 is 5.97 Å². The number of esters is 1. The molecule has 0 unspecified atom stereocenters. The van der Waals surface area contributed by atoms with Crippen LogP contribution in [0.1, 0.15) is 77.6 Å². The largest absolute Gasteiger partial charge is 0.421 e. The minimum absolute atomic E-state index is 0.188. The quantitative estimate of drug-likeness (QED) is 0.445. The molecule has 1 heterocycles. The van der Waals surface area contributed by atoms with Gasteiger partial charge in [-0.2, -0.15) is 13.8 Å². The fraction of sp³-hybridized carbons (Fsp3) is 0.727. The highest BCUT2D eigenvalue weighted by Gasteiger charge is 2.33. The number of rotatable bonds is 6. The van der Waals surface area contributed by atoms with E-state index in [1.54, 1.807) is 0 Å². The fourth-order valence-corrected chi connectivity index (χ4v) is 4.93. The maximum absolute atomic E-state index is 13.6. The number of pyridine rings is 1. The van der Waals surface area contributed by atoms with Crippen molar-refractivity contribution in [1.29, 1.82) is 0 Å². The van der Waals surface area contributed by atoms with Gasteiger partial charge in [-0.05, 0) is 68.4 Å². The van der Waals surface area contributed by atoms with E-state index in [-0.39, 0.29) is 11.7 Å². The predicted octanol–water partition coefficient (Wildman–Crippen LogP) is 6.07. The predicted molar refractivity (Wildman–Crippen MR) is 100 cm³/mol. The third-order valence-electron chi connectivity index (χ3n) is 6.62. The summed E-state index contributed by atoms with van der Waals surface area (Å²) in [5.41, 5.74) is 0. The summed E-state index contributed by atoms with van der Waals surface area (Å²) in [4.78, 5) is 15.4. The monoisotopic (exact) mass is 379 g/mol. The van der Waals surface area contributed by atoms with Crippen molar-refractivity contribution in [2.45, 2.75) is 77.6 Å². The molecule has 0 saturated heterocycles. The number of unbranched alkanes of at least 4 members (excludes halogenated alkanes) is 1. The lowest BCUT2D eigenvalue weighted by Gasteiger charge is -2.37. The Bertz CT molecular complexity index is 621. The highest BCUT2D eigenvalue weighted by Crippen LogP contribution is 2.42. The Hall–Kier alpha value is -1.52. The van der Waals surface area contributed by atoms with E-state index in [9.17, 15) is 13.6 Å². The van der Waals surface area contributed by atoms with E-state index < -0.39 is 17.9 Å². The van der Waals surface area contributed by atoms with Crippen LogP contribution in [0.2, 0.25) is 0 Å². The molecular formula is C22H31F2NO2. The Morgan fingerprint density at radius 2 is 1.67 bits per heavy atom. The van der Waals surface area contributed by atoms with Gasteiger partial charge < -0.3 is 4.74 Å². The van der Waals surface area contributed by atoms with Gasteiger partial charge in [-0.3, -0.25) is 4.79 Å². The van der Waals surface area contributed by atoms with Crippen LogP contribution < -0.4 is 4.74 Å². The van der Waals surface area contributed by atoms with Gasteiger partial charge in [-0.25, -0.2) is 0 Å². The van der Waals surface area contributed by atoms with Crippen LogP contribution in [0.3, 0.4) is 0 Å². The second-order valence-electron chi connectivity index (χ2n) is 8.38. The smallest absolute Gasteiger partial charge is 0.314 e. The second kappa shape index (κ2) is 9.61. The molecule has 0 aliphatic heterocycles. The first kappa shape index (κ1) is 20.2. The molecule has 0 amide bonds. The lowest BCUT2D eigenvalue weighted by molar-refractivity contribution is -0.140. The molecule has 0 N–H and O–H groups in total. The molecule has 1 aromatic heterocycles. The van der Waals surface area contributed by atoms with Gasteiger partial charge in [0.05, 0.1) is 5.92 Å². The molecule has 0 aromatic carbocycles. The van der Waals surface area contributed by atoms with Gasteiger partial charge in [0.25, 0.3) is 5.95 Å². The molecule has 0 spiro atoms. The summed E-state index contributed by atoms with van der Waals surface area (Å²) in [6, 6.07) is 2.12. The van der Waals surface area contributed by atoms with E-state index in [0.29, 0.717) is 5.92 Å². The first-order chi connectivity index (χ1) is 13.1. The van der Waals surface area contributed by atoms with Gasteiger partial charge in [0.2, 0.25) is 5.95 Å². The van der Waals surface area contributed by atoms with Crippen molar-refractivity contribution < 1.29 is 18.3 Å². The second-order valence-corrected chi connectivity index (χ2v) is 8.38. The van der Waals surface area contributed by atoms with Crippen molar-refractivity contribution in [1.82, 2.24) is 4.98 Å². The summed E-state index contributed by atoms with van der Waals surface area (Å²) in [7, 11) is 0. The number of aromatic nitrogens is 1. The number of hydrogen-bond acceptors (Lipinski definition) is 3. The maximum atomic E-state index is 13.6. The third-order valence-corrected chi connectivity index (χ3v) is 6.62. The number of hydrogen-bond donors (Lipinski definition) is 0. The van der Waals surface area contributed by atoms with Crippen molar-refractivity contribution in [3.05, 3.63) is 24.0 Å². The molecule has 3 rings (SSSR count). The number of nitrogens with zero attached hydrogens (tertiary/aromatic N) is 1. The molecule has 2 fully saturated rings. The molecule has 27 heavy (non-hydrogen) atoms. The van der Waals surface area contributed by atoms with Crippen molar-refractivity contribution in [3.63, 3.8) is 0 Å². The van der Waals surface area contributed by atoms with Crippen molar-refractivity contribution in [2.75, 3.05) is 0 Å². The van der Waals surface area contributed by atoms with Gasteiger partial charge in [0, 0.05) is 0 Å². The van der Waals surface area contributed by atoms with E-state index in [0.717, 1.165) is 49.7 Å². The zero-order valence-corrected chi connectivity index (χ0v) is 16.3. The van der Waals surface area contributed by atoms with E-state index in [1.807, 2.05) is 0 Å². The molecule has 2 aliphatic carbocycles. The molecule has 2 saturated carbocycles. The first-order valence-electron chi connectivity index (χ1n) is 10.6. The van der Waals surface area contributed by atoms with Gasteiger partial charge in [-0.1, -0.05) is 39.0 Å². The summed E-state index contributed by atoms with van der Waals surface area (Å²) in [6.07, 6.45) is 13.1. The number of ether oxygens (including phenoxy) is 1. The van der Waals surface area contributed by atoms with Crippen LogP contribution in [0.5, 0.6) is 5.75 Å². The highest BCUT2D eigenvalue weighted by molar-refractivity contribution is 5.75. The van der Waals surface area contributed by atoms with Gasteiger partial charge in [0.15, 0.2) is 5.75 Å². The summed E-state index contributed by atoms with van der Waals surface area (Å²) < 4.78 is 31.5. The Kier molecular flexibility index (Phi) is 7.20. The molecule has 0 bridgehead atoms. The Labute approximate surface area is 160 Å². The maximum Gasteiger partial charge on any atom is 0.314 e. The minimum atomic E-state index is -1.07. The van der Waals surface area contributed by atoms with E-state index in [2.05, 4.69) is 11.9 Å². The summed E-state index contributed by atoms with van der Waals surface area (Å²) in [5.74, 6) is -0.436. The molecule has 0 atom stereocenters. The zero-order chi connectivity index (χ0) is 19.2. The van der Waals surface area contributed by atoms with Crippen LogP contribution in [0.25, 0.3) is 0 Å². The summed E-state index contributed by atoms with van der Waals surface area (Å²) in [5, 5.41) is 0. The number of halogens is 2. The van der Waals surface area contributed by atoms with E-state index in [4.69, 9.17) is 4.74 Å². The third kappa shape index (κ3) is 5.49. The summed E-state index contributed by atoms with van der Waals surface area (Å²) in [6.45, 7) is 2.26. The average Bonchev–Trinajstić information content (AvgIpc) is 2.69. The fourth-order valence-electron chi connectivity index (χ4n) is 4.93. The SMILES string of the molecule is CCCC[C@H]1CC[C@H]([C@H]2CC[C@H](C(=O)Oc3ccc(F)nc3F)CC2)CC1. The minimum Gasteiger partial charge on any atom is -0.421 e. The molecule has 0 radical (unpaired) electrons.